The SMILES string of the molecule is C.C.C.C.C.C.C.CC(C)(C)C(=O)[O-].CC(C)(C)C(=O)[O-].CC(C)(C)C(=O)[O-].CC(C)(C)C(=O)[O-].CC(C)(C)C(=O)[O-].CC(C)(C)C(=O)[O-].CC(C)(C)C(=O)[O-]. The molecule has 0 radical (unpaired) electrons. The van der Waals surface area contributed by atoms with Gasteiger partial charge in [-0.25, -0.2) is 0 Å². The van der Waals surface area contributed by atoms with Crippen molar-refractivity contribution in [3.8, 4) is 0 Å². The molecule has 0 spiro atoms. The van der Waals surface area contributed by atoms with Crippen LogP contribution in [0.2, 0.25) is 0 Å². The normalized spacial score (nSPS) is 9.88. The average molecular weight is 820 g/mol. The van der Waals surface area contributed by atoms with Gasteiger partial charge in [0, 0.05) is 79.7 Å². The van der Waals surface area contributed by atoms with E-state index in [1.165, 1.54) is 0 Å². The van der Waals surface area contributed by atoms with E-state index < -0.39 is 79.7 Å². The van der Waals surface area contributed by atoms with Gasteiger partial charge in [-0.3, -0.25) is 0 Å². The van der Waals surface area contributed by atoms with Gasteiger partial charge in [-0.15, -0.1) is 0 Å². The molecule has 0 rings (SSSR count). The molecule has 14 heteroatoms. The fourth-order valence-electron chi connectivity index (χ4n) is 0. The number of hydrogen-bond donors (Lipinski definition) is 0. The second kappa shape index (κ2) is 36.9. The Morgan fingerprint density at radius 3 is 0.214 bits per heavy atom. The second-order valence-electron chi connectivity index (χ2n) is 17.8. The van der Waals surface area contributed by atoms with Crippen LogP contribution in [0.25, 0.3) is 0 Å². The molecule has 0 aliphatic heterocycles. The van der Waals surface area contributed by atoms with Crippen molar-refractivity contribution in [1.29, 1.82) is 0 Å². The summed E-state index contributed by atoms with van der Waals surface area (Å²) in [6.45, 7) is 33.6. The maximum atomic E-state index is 9.91. The molecule has 0 atom stereocenters. The Morgan fingerprint density at radius 2 is 0.214 bits per heavy atom. The Bertz CT molecular complexity index is 789. The summed E-state index contributed by atoms with van der Waals surface area (Å²) >= 11 is 0. The van der Waals surface area contributed by atoms with Crippen molar-refractivity contribution in [3.05, 3.63) is 0 Å². The predicted octanol–water partition coefficient (Wildman–Crippen LogP) is 2.93. The van der Waals surface area contributed by atoms with Gasteiger partial charge in [0.2, 0.25) is 0 Å². The van der Waals surface area contributed by atoms with E-state index >= 15 is 0 Å². The lowest BCUT2D eigenvalue weighted by Crippen LogP contribution is -2.35. The second-order valence-corrected chi connectivity index (χ2v) is 17.8. The largest absolute Gasteiger partial charge is 0.550 e. The van der Waals surface area contributed by atoms with Crippen molar-refractivity contribution in [2.24, 2.45) is 37.9 Å². The summed E-state index contributed by atoms with van der Waals surface area (Å²) in [7, 11) is 0. The summed E-state index contributed by atoms with van der Waals surface area (Å²) in [4.78, 5) is 69.4. The van der Waals surface area contributed by atoms with Crippen LogP contribution in [0.5, 0.6) is 0 Å². The van der Waals surface area contributed by atoms with E-state index in [-0.39, 0.29) is 52.0 Å². The summed E-state index contributed by atoms with van der Waals surface area (Å²) in [5.74, 6) is -7.05. The third-order valence-corrected chi connectivity index (χ3v) is 4.29. The third-order valence-electron chi connectivity index (χ3n) is 4.29. The third kappa shape index (κ3) is 83.3. The number of carbonyl (C=O) groups excluding carboxylic acids is 7. The molecule has 14 nitrogen and oxygen atoms in total. The van der Waals surface area contributed by atoms with E-state index in [0.717, 1.165) is 0 Å². The summed E-state index contributed by atoms with van der Waals surface area (Å²) in [6, 6.07) is 0. The van der Waals surface area contributed by atoms with Crippen LogP contribution in [0.3, 0.4) is 0 Å². The van der Waals surface area contributed by atoms with Crippen LogP contribution in [0.4, 0.5) is 0 Å². The Morgan fingerprint density at radius 1 is 0.196 bits per heavy atom. The molecule has 0 N–H and O–H groups in total. The molecule has 56 heavy (non-hydrogen) atoms. The van der Waals surface area contributed by atoms with Gasteiger partial charge in [-0.2, -0.15) is 0 Å². The van der Waals surface area contributed by atoms with E-state index in [9.17, 15) is 69.3 Å². The molecule has 0 unspecified atom stereocenters. The average Bonchev–Trinajstić information content (AvgIpc) is 2.77. The summed E-state index contributed by atoms with van der Waals surface area (Å²) in [5.41, 5.74) is -4.86. The molecular formula is C42H91O14-7. The number of hydrogen-bond acceptors (Lipinski definition) is 14. The fourth-order valence-corrected chi connectivity index (χ4v) is 0. The zero-order valence-electron chi connectivity index (χ0n) is 33.7. The Hall–Kier alpha value is -3.71. The van der Waals surface area contributed by atoms with Gasteiger partial charge in [-0.1, -0.05) is 197 Å². The minimum Gasteiger partial charge on any atom is -0.550 e. The molecule has 0 aromatic carbocycles. The van der Waals surface area contributed by atoms with Crippen LogP contribution in [0.1, 0.15) is 197 Å². The lowest BCUT2D eigenvalue weighted by atomic mass is 9.98. The van der Waals surface area contributed by atoms with Crippen molar-refractivity contribution in [2.45, 2.75) is 197 Å². The smallest absolute Gasteiger partial charge is 0.0467 e. The molecule has 0 fully saturated rings. The number of carboxylic acid groups (broad SMARTS) is 7. The van der Waals surface area contributed by atoms with E-state index in [1.54, 1.807) is 145 Å². The zero-order valence-corrected chi connectivity index (χ0v) is 33.7. The van der Waals surface area contributed by atoms with Crippen molar-refractivity contribution in [2.75, 3.05) is 0 Å². The summed E-state index contributed by atoms with van der Waals surface area (Å²) in [5, 5.41) is 69.4. The highest BCUT2D eigenvalue weighted by Crippen LogP contribution is 2.12. The zero-order chi connectivity index (χ0) is 42.5. The molecule has 0 bridgehead atoms. The van der Waals surface area contributed by atoms with Gasteiger partial charge in [0.15, 0.2) is 0 Å². The molecule has 0 aromatic heterocycles. The minimum absolute atomic E-state index is 0. The van der Waals surface area contributed by atoms with Crippen LogP contribution in [-0.2, 0) is 33.6 Å². The highest BCUT2D eigenvalue weighted by atomic mass is 16.4. The lowest BCUT2D eigenvalue weighted by molar-refractivity contribution is -0.317. The first-order valence-corrected chi connectivity index (χ1v) is 15.1. The Balaban J connectivity index is -0.0000000300. The maximum Gasteiger partial charge on any atom is 0.0467 e. The van der Waals surface area contributed by atoms with Crippen LogP contribution in [0.15, 0.2) is 0 Å². The van der Waals surface area contributed by atoms with Gasteiger partial charge >= 0.3 is 0 Å². The number of rotatable bonds is 0. The highest BCUT2D eigenvalue weighted by Gasteiger charge is 2.12. The maximum absolute atomic E-state index is 9.91. The van der Waals surface area contributed by atoms with Crippen LogP contribution in [-0.4, -0.2) is 41.8 Å². The molecule has 0 heterocycles. The van der Waals surface area contributed by atoms with Crippen molar-refractivity contribution in [1.82, 2.24) is 0 Å². The predicted molar refractivity (Wildman–Crippen MR) is 218 cm³/mol. The molecule has 0 saturated heterocycles. The quantitative estimate of drug-likeness (QED) is 0.340. The number of aliphatic carboxylic acids is 7. The minimum atomic E-state index is -1.01. The first kappa shape index (κ1) is 93.8. The summed E-state index contributed by atoms with van der Waals surface area (Å²) in [6.07, 6.45) is 0. The van der Waals surface area contributed by atoms with E-state index in [0.29, 0.717) is 0 Å². The molecule has 0 aliphatic rings. The van der Waals surface area contributed by atoms with E-state index in [4.69, 9.17) is 0 Å². The lowest BCUT2D eigenvalue weighted by Gasteiger charge is -2.18. The highest BCUT2D eigenvalue weighted by molar-refractivity contribution is 5.72. The van der Waals surface area contributed by atoms with Crippen LogP contribution in [0, 0.1) is 37.9 Å². The van der Waals surface area contributed by atoms with E-state index in [1.807, 2.05) is 0 Å². The number of carbonyl (C=O) groups is 7. The fraction of sp³-hybridized carbons (Fsp3) is 0.833. The molecule has 0 aromatic rings. The van der Waals surface area contributed by atoms with Crippen molar-refractivity contribution >= 4 is 41.8 Å². The monoisotopic (exact) mass is 820 g/mol. The van der Waals surface area contributed by atoms with Gasteiger partial charge in [0.25, 0.3) is 0 Å². The Labute approximate surface area is 345 Å². The first-order valence-electron chi connectivity index (χ1n) is 15.1. The van der Waals surface area contributed by atoms with Gasteiger partial charge < -0.3 is 69.3 Å². The molecule has 0 aliphatic carbocycles. The molecule has 0 amide bonds. The van der Waals surface area contributed by atoms with Crippen LogP contribution < -0.4 is 35.7 Å². The topological polar surface area (TPSA) is 281 Å². The van der Waals surface area contributed by atoms with Crippen molar-refractivity contribution < 1.29 is 69.3 Å². The Kier molecular flexibility index (Phi) is 61.8. The van der Waals surface area contributed by atoms with Gasteiger partial charge in [0.05, 0.1) is 0 Å². The first-order chi connectivity index (χ1) is 20.6. The number of carboxylic acids is 7. The summed E-state index contributed by atoms with van der Waals surface area (Å²) < 4.78 is 0. The van der Waals surface area contributed by atoms with Crippen molar-refractivity contribution in [3.63, 3.8) is 0 Å². The van der Waals surface area contributed by atoms with E-state index in [2.05, 4.69) is 0 Å². The molecule has 0 saturated carbocycles. The van der Waals surface area contributed by atoms with Crippen LogP contribution >= 0.6 is 0 Å². The van der Waals surface area contributed by atoms with Gasteiger partial charge in [-0.05, 0) is 0 Å². The molecule has 350 valence electrons. The standard InChI is InChI=1S/7C5H10O2.7CH4/c7*1-5(2,3)4(6)7;;;;;;;/h7*1-3H3,(H,6,7);7*1H4/p-7. The molecular weight excluding hydrogens is 728 g/mol. The van der Waals surface area contributed by atoms with Gasteiger partial charge in [0.1, 0.15) is 0 Å².